The summed E-state index contributed by atoms with van der Waals surface area (Å²) in [7, 11) is 0. The van der Waals surface area contributed by atoms with Crippen LogP contribution in [0.4, 0.5) is 0 Å². The number of hydrogen-bond acceptors (Lipinski definition) is 1. The molecule has 1 aliphatic carbocycles. The van der Waals surface area contributed by atoms with Crippen molar-refractivity contribution in [1.82, 2.24) is 0 Å². The quantitative estimate of drug-likeness (QED) is 0.781. The average Bonchev–Trinajstić information content (AvgIpc) is 2.30. The van der Waals surface area contributed by atoms with E-state index < -0.39 is 0 Å². The number of carbonyl (C=O) groups excluding carboxylic acids is 1. The maximum Gasteiger partial charge on any atom is 0.136 e. The predicted octanol–water partition coefficient (Wildman–Crippen LogP) is 4.49. The lowest BCUT2D eigenvalue weighted by molar-refractivity contribution is -0.125. The van der Waals surface area contributed by atoms with Crippen LogP contribution in [0, 0.1) is 31.6 Å². The van der Waals surface area contributed by atoms with Gasteiger partial charge in [0.1, 0.15) is 5.78 Å². The Labute approximate surface area is 117 Å². The second-order valence-corrected chi connectivity index (χ2v) is 6.64. The van der Waals surface area contributed by atoms with Crippen molar-refractivity contribution in [3.05, 3.63) is 34.9 Å². The molecule has 2 rings (SSSR count). The average molecular weight is 258 g/mol. The molecule has 0 radical (unpaired) electrons. The van der Waals surface area contributed by atoms with E-state index in [1.165, 1.54) is 16.7 Å². The van der Waals surface area contributed by atoms with Gasteiger partial charge in [-0.1, -0.05) is 43.2 Å². The van der Waals surface area contributed by atoms with Crippen LogP contribution in [0.25, 0.3) is 0 Å². The fourth-order valence-corrected chi connectivity index (χ4v) is 3.42. The van der Waals surface area contributed by atoms with Crippen LogP contribution < -0.4 is 0 Å². The van der Waals surface area contributed by atoms with Gasteiger partial charge in [0.05, 0.1) is 0 Å². The summed E-state index contributed by atoms with van der Waals surface area (Å²) in [5, 5.41) is 0. The SMILES string of the molecule is Cc1cc(C)cc(CC2CC(C(C)C)CCC2=O)c1. The molecule has 104 valence electrons. The summed E-state index contributed by atoms with van der Waals surface area (Å²) in [5.74, 6) is 2.17. The van der Waals surface area contributed by atoms with Gasteiger partial charge in [0.25, 0.3) is 0 Å². The highest BCUT2D eigenvalue weighted by molar-refractivity contribution is 5.82. The summed E-state index contributed by atoms with van der Waals surface area (Å²) < 4.78 is 0. The summed E-state index contributed by atoms with van der Waals surface area (Å²) in [4.78, 5) is 12.1. The van der Waals surface area contributed by atoms with Crippen molar-refractivity contribution >= 4 is 5.78 Å². The molecule has 2 atom stereocenters. The largest absolute Gasteiger partial charge is 0.299 e. The Balaban J connectivity index is 2.09. The van der Waals surface area contributed by atoms with Gasteiger partial charge in [-0.15, -0.1) is 0 Å². The molecular weight excluding hydrogens is 232 g/mol. The molecule has 0 bridgehead atoms. The molecule has 0 aliphatic heterocycles. The molecular formula is C18H26O. The minimum atomic E-state index is 0.252. The first-order valence-electron chi connectivity index (χ1n) is 7.55. The molecule has 2 unspecified atom stereocenters. The molecule has 1 aromatic rings. The van der Waals surface area contributed by atoms with E-state index in [2.05, 4.69) is 45.9 Å². The van der Waals surface area contributed by atoms with Crippen molar-refractivity contribution in [3.63, 3.8) is 0 Å². The van der Waals surface area contributed by atoms with Crippen LogP contribution in [0.15, 0.2) is 18.2 Å². The second-order valence-electron chi connectivity index (χ2n) is 6.64. The molecule has 0 amide bonds. The Bertz CT molecular complexity index is 439. The molecule has 0 saturated heterocycles. The van der Waals surface area contributed by atoms with Gasteiger partial charge >= 0.3 is 0 Å². The van der Waals surface area contributed by atoms with Crippen LogP contribution >= 0.6 is 0 Å². The van der Waals surface area contributed by atoms with Crippen LogP contribution in [0.1, 0.15) is 49.8 Å². The Hall–Kier alpha value is -1.11. The number of ketones is 1. The van der Waals surface area contributed by atoms with E-state index in [1.807, 2.05) is 0 Å². The standard InChI is InChI=1S/C18H26O/c1-12(2)16-5-6-18(19)17(11-16)10-15-8-13(3)7-14(4)9-15/h7-9,12,16-17H,5-6,10-11H2,1-4H3. The molecule has 1 nitrogen and oxygen atoms in total. The molecule has 0 N–H and O–H groups in total. The lowest BCUT2D eigenvalue weighted by Crippen LogP contribution is -2.28. The fraction of sp³-hybridized carbons (Fsp3) is 0.611. The highest BCUT2D eigenvalue weighted by Crippen LogP contribution is 2.33. The van der Waals surface area contributed by atoms with E-state index in [1.54, 1.807) is 0 Å². The third-order valence-corrected chi connectivity index (χ3v) is 4.51. The highest BCUT2D eigenvalue weighted by atomic mass is 16.1. The Morgan fingerprint density at radius 2 is 1.79 bits per heavy atom. The fourth-order valence-electron chi connectivity index (χ4n) is 3.42. The summed E-state index contributed by atoms with van der Waals surface area (Å²) in [6, 6.07) is 6.67. The third kappa shape index (κ3) is 3.68. The molecule has 0 aromatic heterocycles. The molecule has 1 saturated carbocycles. The first-order chi connectivity index (χ1) is 8.95. The molecule has 1 aromatic carbocycles. The monoisotopic (exact) mass is 258 g/mol. The van der Waals surface area contributed by atoms with Crippen LogP contribution in [0.3, 0.4) is 0 Å². The zero-order chi connectivity index (χ0) is 14.0. The van der Waals surface area contributed by atoms with Gasteiger partial charge in [0.2, 0.25) is 0 Å². The maximum absolute atomic E-state index is 12.1. The van der Waals surface area contributed by atoms with Gasteiger partial charge in [-0.3, -0.25) is 4.79 Å². The normalized spacial score (nSPS) is 23.9. The molecule has 1 fully saturated rings. The Morgan fingerprint density at radius 3 is 2.37 bits per heavy atom. The first-order valence-corrected chi connectivity index (χ1v) is 7.55. The van der Waals surface area contributed by atoms with Gasteiger partial charge in [0.15, 0.2) is 0 Å². The number of hydrogen-bond donors (Lipinski definition) is 0. The predicted molar refractivity (Wildman–Crippen MR) is 80.3 cm³/mol. The van der Waals surface area contributed by atoms with Gasteiger partial charge in [-0.25, -0.2) is 0 Å². The summed E-state index contributed by atoms with van der Waals surface area (Å²) >= 11 is 0. The van der Waals surface area contributed by atoms with Crippen LogP contribution in [-0.2, 0) is 11.2 Å². The van der Waals surface area contributed by atoms with E-state index in [4.69, 9.17) is 0 Å². The third-order valence-electron chi connectivity index (χ3n) is 4.51. The first kappa shape index (κ1) is 14.3. The lowest BCUT2D eigenvalue weighted by atomic mass is 9.73. The van der Waals surface area contributed by atoms with Crippen LogP contribution in [-0.4, -0.2) is 5.78 Å². The minimum absolute atomic E-state index is 0.252. The molecule has 0 heterocycles. The topological polar surface area (TPSA) is 17.1 Å². The second kappa shape index (κ2) is 5.90. The number of carbonyl (C=O) groups is 1. The zero-order valence-corrected chi connectivity index (χ0v) is 12.7. The number of Topliss-reactive ketones (excluding diaryl/α,β-unsaturated/α-hetero) is 1. The van der Waals surface area contributed by atoms with Gasteiger partial charge in [-0.05, 0) is 50.5 Å². The van der Waals surface area contributed by atoms with Gasteiger partial charge in [0, 0.05) is 12.3 Å². The van der Waals surface area contributed by atoms with Crippen molar-refractivity contribution in [2.24, 2.45) is 17.8 Å². The number of rotatable bonds is 3. The van der Waals surface area contributed by atoms with Gasteiger partial charge < -0.3 is 0 Å². The number of benzene rings is 1. The lowest BCUT2D eigenvalue weighted by Gasteiger charge is -2.30. The molecule has 1 heteroatoms. The van der Waals surface area contributed by atoms with Crippen LogP contribution in [0.2, 0.25) is 0 Å². The van der Waals surface area contributed by atoms with Crippen molar-refractivity contribution in [3.8, 4) is 0 Å². The Morgan fingerprint density at radius 1 is 1.16 bits per heavy atom. The molecule has 19 heavy (non-hydrogen) atoms. The van der Waals surface area contributed by atoms with Crippen molar-refractivity contribution in [1.29, 1.82) is 0 Å². The zero-order valence-electron chi connectivity index (χ0n) is 12.7. The van der Waals surface area contributed by atoms with E-state index >= 15 is 0 Å². The van der Waals surface area contributed by atoms with Gasteiger partial charge in [-0.2, -0.15) is 0 Å². The number of aryl methyl sites for hydroxylation is 2. The highest BCUT2D eigenvalue weighted by Gasteiger charge is 2.30. The molecule has 0 spiro atoms. The summed E-state index contributed by atoms with van der Waals surface area (Å²) in [6.07, 6.45) is 3.91. The van der Waals surface area contributed by atoms with E-state index in [-0.39, 0.29) is 5.92 Å². The van der Waals surface area contributed by atoms with E-state index in [0.717, 1.165) is 31.6 Å². The summed E-state index contributed by atoms with van der Waals surface area (Å²) in [5.41, 5.74) is 3.94. The van der Waals surface area contributed by atoms with Crippen molar-refractivity contribution in [2.45, 2.75) is 53.4 Å². The van der Waals surface area contributed by atoms with Crippen molar-refractivity contribution in [2.75, 3.05) is 0 Å². The van der Waals surface area contributed by atoms with Crippen molar-refractivity contribution < 1.29 is 4.79 Å². The Kier molecular flexibility index (Phi) is 4.44. The van der Waals surface area contributed by atoms with E-state index in [9.17, 15) is 4.79 Å². The van der Waals surface area contributed by atoms with E-state index in [0.29, 0.717) is 11.7 Å². The smallest absolute Gasteiger partial charge is 0.136 e. The van der Waals surface area contributed by atoms with Crippen LogP contribution in [0.5, 0.6) is 0 Å². The summed E-state index contributed by atoms with van der Waals surface area (Å²) in [6.45, 7) is 8.84. The molecule has 1 aliphatic rings. The maximum atomic E-state index is 12.1. The minimum Gasteiger partial charge on any atom is -0.299 e.